The molecule has 1 aromatic heterocycles. The molecule has 3 rings (SSSR count). The largest absolute Gasteiger partial charge is 0.373 e. The molecule has 0 unspecified atom stereocenters. The Balaban J connectivity index is 2.20. The molecule has 0 saturated heterocycles. The van der Waals surface area contributed by atoms with Crippen molar-refractivity contribution in [3.8, 4) is 11.4 Å². The molecule has 0 aliphatic heterocycles. The Morgan fingerprint density at radius 3 is 2.45 bits per heavy atom. The summed E-state index contributed by atoms with van der Waals surface area (Å²) in [5, 5.41) is 4.32. The topological polar surface area (TPSA) is 37.8 Å². The quantitative estimate of drug-likeness (QED) is 0.895. The van der Waals surface area contributed by atoms with Crippen LogP contribution in [0.4, 0.5) is 5.82 Å². The maximum atomic E-state index is 6.26. The Bertz CT molecular complexity index is 618. The summed E-state index contributed by atoms with van der Waals surface area (Å²) in [4.78, 5) is 9.30. The van der Waals surface area contributed by atoms with Gasteiger partial charge in [-0.3, -0.25) is 0 Å². The van der Waals surface area contributed by atoms with E-state index in [4.69, 9.17) is 28.2 Å². The van der Waals surface area contributed by atoms with Gasteiger partial charge in [0.1, 0.15) is 5.82 Å². The predicted molar refractivity (Wildman–Crippen MR) is 83.7 cm³/mol. The molecule has 1 aromatic carbocycles. The highest BCUT2D eigenvalue weighted by molar-refractivity contribution is 6.38. The van der Waals surface area contributed by atoms with E-state index in [0.29, 0.717) is 21.4 Å². The van der Waals surface area contributed by atoms with Crippen molar-refractivity contribution in [2.24, 2.45) is 0 Å². The number of hydrogen-bond acceptors (Lipinski definition) is 3. The summed E-state index contributed by atoms with van der Waals surface area (Å²) in [7, 11) is 1.88. The third-order valence-corrected chi connectivity index (χ3v) is 4.24. The zero-order valence-electron chi connectivity index (χ0n) is 11.2. The minimum Gasteiger partial charge on any atom is -0.373 e. The van der Waals surface area contributed by atoms with Crippen LogP contribution >= 0.6 is 23.2 Å². The minimum atomic E-state index is 0.579. The molecule has 0 bridgehead atoms. The van der Waals surface area contributed by atoms with Gasteiger partial charge in [0.2, 0.25) is 0 Å². The molecule has 5 heteroatoms. The Hall–Kier alpha value is -1.32. The number of benzene rings is 1. The van der Waals surface area contributed by atoms with Gasteiger partial charge in [-0.05, 0) is 37.8 Å². The summed E-state index contributed by atoms with van der Waals surface area (Å²) in [6, 6.07) is 5.45. The van der Waals surface area contributed by atoms with E-state index in [2.05, 4.69) is 10.3 Å². The molecule has 1 N–H and O–H groups in total. The predicted octanol–water partition coefficient (Wildman–Crippen LogP) is 4.37. The van der Waals surface area contributed by atoms with E-state index in [9.17, 15) is 0 Å². The number of anilines is 1. The first-order valence-electron chi connectivity index (χ1n) is 6.72. The molecule has 20 heavy (non-hydrogen) atoms. The van der Waals surface area contributed by atoms with E-state index in [0.717, 1.165) is 24.4 Å². The van der Waals surface area contributed by atoms with Crippen LogP contribution in [0, 0.1) is 0 Å². The average Bonchev–Trinajstić information content (AvgIpc) is 2.46. The molecule has 0 spiro atoms. The van der Waals surface area contributed by atoms with Gasteiger partial charge >= 0.3 is 0 Å². The third kappa shape index (κ3) is 2.36. The van der Waals surface area contributed by atoms with Crippen molar-refractivity contribution in [1.29, 1.82) is 0 Å². The monoisotopic (exact) mass is 307 g/mol. The number of nitrogens with one attached hydrogen (secondary N) is 1. The fraction of sp³-hybridized carbons (Fsp3) is 0.333. The molecule has 0 radical (unpaired) electrons. The standard InChI is InChI=1S/C15H15Cl2N3/c1-18-14-9-5-2-3-8-12(9)19-15(20-14)13-10(16)6-4-7-11(13)17/h4,6-7H,2-3,5,8H2,1H3,(H,18,19,20). The van der Waals surface area contributed by atoms with Crippen LogP contribution in [-0.4, -0.2) is 17.0 Å². The summed E-state index contributed by atoms with van der Waals surface area (Å²) in [6.45, 7) is 0. The number of aryl methyl sites for hydroxylation is 1. The average molecular weight is 308 g/mol. The molecule has 0 amide bonds. The molecule has 104 valence electrons. The number of fused-ring (bicyclic) bond motifs is 1. The van der Waals surface area contributed by atoms with Gasteiger partial charge < -0.3 is 5.32 Å². The van der Waals surface area contributed by atoms with Gasteiger partial charge in [-0.1, -0.05) is 29.3 Å². The fourth-order valence-corrected chi connectivity index (χ4v) is 3.19. The maximum absolute atomic E-state index is 6.26. The van der Waals surface area contributed by atoms with Crippen molar-refractivity contribution in [3.63, 3.8) is 0 Å². The van der Waals surface area contributed by atoms with E-state index in [1.165, 1.54) is 18.4 Å². The second-order valence-corrected chi connectivity index (χ2v) is 5.69. The lowest BCUT2D eigenvalue weighted by molar-refractivity contribution is 0.665. The van der Waals surface area contributed by atoms with E-state index in [-0.39, 0.29) is 0 Å². The Morgan fingerprint density at radius 2 is 1.75 bits per heavy atom. The number of nitrogens with zero attached hydrogens (tertiary/aromatic N) is 2. The van der Waals surface area contributed by atoms with Crippen molar-refractivity contribution >= 4 is 29.0 Å². The Morgan fingerprint density at radius 1 is 1.05 bits per heavy atom. The Labute approximate surface area is 128 Å². The van der Waals surface area contributed by atoms with Gasteiger partial charge in [0, 0.05) is 18.3 Å². The second-order valence-electron chi connectivity index (χ2n) is 4.87. The smallest absolute Gasteiger partial charge is 0.164 e. The van der Waals surface area contributed by atoms with E-state index in [1.807, 2.05) is 25.2 Å². The number of halogens is 2. The summed E-state index contributed by atoms with van der Waals surface area (Å²) < 4.78 is 0. The summed E-state index contributed by atoms with van der Waals surface area (Å²) >= 11 is 12.5. The van der Waals surface area contributed by atoms with Crippen LogP contribution in [-0.2, 0) is 12.8 Å². The number of rotatable bonds is 2. The first-order valence-corrected chi connectivity index (χ1v) is 7.48. The lowest BCUT2D eigenvalue weighted by Crippen LogP contribution is -2.12. The summed E-state index contributed by atoms with van der Waals surface area (Å²) in [5.74, 6) is 1.49. The van der Waals surface area contributed by atoms with Crippen molar-refractivity contribution < 1.29 is 0 Å². The molecule has 3 nitrogen and oxygen atoms in total. The van der Waals surface area contributed by atoms with E-state index in [1.54, 1.807) is 0 Å². The van der Waals surface area contributed by atoms with Crippen molar-refractivity contribution in [3.05, 3.63) is 39.5 Å². The molecular formula is C15H15Cl2N3. The van der Waals surface area contributed by atoms with Crippen molar-refractivity contribution in [1.82, 2.24) is 9.97 Å². The molecule has 0 saturated carbocycles. The van der Waals surface area contributed by atoms with Crippen molar-refractivity contribution in [2.45, 2.75) is 25.7 Å². The zero-order valence-corrected chi connectivity index (χ0v) is 12.7. The second kappa shape index (κ2) is 5.58. The van der Waals surface area contributed by atoms with E-state index < -0.39 is 0 Å². The van der Waals surface area contributed by atoms with Crippen LogP contribution in [0.5, 0.6) is 0 Å². The molecule has 1 aliphatic rings. The van der Waals surface area contributed by atoms with Gasteiger partial charge in [0.05, 0.1) is 15.6 Å². The summed E-state index contributed by atoms with van der Waals surface area (Å²) in [6.07, 6.45) is 4.38. The fourth-order valence-electron chi connectivity index (χ4n) is 2.62. The highest BCUT2D eigenvalue weighted by Crippen LogP contribution is 2.35. The lowest BCUT2D eigenvalue weighted by Gasteiger charge is -2.19. The molecule has 0 fully saturated rings. The first-order chi connectivity index (χ1) is 9.70. The highest BCUT2D eigenvalue weighted by atomic mass is 35.5. The first kappa shape index (κ1) is 13.7. The third-order valence-electron chi connectivity index (χ3n) is 3.61. The molecule has 0 atom stereocenters. The molecule has 2 aromatic rings. The maximum Gasteiger partial charge on any atom is 0.164 e. The minimum absolute atomic E-state index is 0.579. The van der Waals surface area contributed by atoms with Crippen LogP contribution in [0.15, 0.2) is 18.2 Å². The number of aromatic nitrogens is 2. The van der Waals surface area contributed by atoms with Crippen molar-refractivity contribution in [2.75, 3.05) is 12.4 Å². The van der Waals surface area contributed by atoms with Gasteiger partial charge in [0.15, 0.2) is 5.82 Å². The number of hydrogen-bond donors (Lipinski definition) is 1. The van der Waals surface area contributed by atoms with Crippen LogP contribution in [0.2, 0.25) is 10.0 Å². The highest BCUT2D eigenvalue weighted by Gasteiger charge is 2.20. The summed E-state index contributed by atoms with van der Waals surface area (Å²) in [5.41, 5.74) is 3.05. The van der Waals surface area contributed by atoms with Gasteiger partial charge in [-0.2, -0.15) is 0 Å². The zero-order chi connectivity index (χ0) is 14.1. The molecule has 1 aliphatic carbocycles. The van der Waals surface area contributed by atoms with Crippen LogP contribution in [0.3, 0.4) is 0 Å². The van der Waals surface area contributed by atoms with Gasteiger partial charge in [0.25, 0.3) is 0 Å². The SMILES string of the molecule is CNc1nc(-c2c(Cl)cccc2Cl)nc2c1CCCC2. The van der Waals surface area contributed by atoms with Gasteiger partial charge in [-0.15, -0.1) is 0 Å². The van der Waals surface area contributed by atoms with Gasteiger partial charge in [-0.25, -0.2) is 9.97 Å². The Kier molecular flexibility index (Phi) is 3.81. The van der Waals surface area contributed by atoms with Crippen LogP contribution in [0.25, 0.3) is 11.4 Å². The van der Waals surface area contributed by atoms with E-state index >= 15 is 0 Å². The molecule has 1 heterocycles. The normalized spacial score (nSPS) is 13.9. The lowest BCUT2D eigenvalue weighted by atomic mass is 9.96. The molecular weight excluding hydrogens is 293 g/mol. The van der Waals surface area contributed by atoms with Crippen LogP contribution in [0.1, 0.15) is 24.1 Å². The van der Waals surface area contributed by atoms with Crippen LogP contribution < -0.4 is 5.32 Å².